The van der Waals surface area contributed by atoms with Gasteiger partial charge in [-0.25, -0.2) is 0 Å². The van der Waals surface area contributed by atoms with Crippen molar-refractivity contribution >= 4 is 46.9 Å². The number of hydrogen-bond donors (Lipinski definition) is 0. The molecule has 9 aromatic carbocycles. The first-order valence-corrected chi connectivity index (χ1v) is 36.9. The fraction of sp³-hybridized carbons (Fsp3) is 0.333. The number of carbonyl (C=O) groups is 2. The van der Waals surface area contributed by atoms with Gasteiger partial charge in [-0.2, -0.15) is 0 Å². The van der Waals surface area contributed by atoms with Crippen molar-refractivity contribution in [2.24, 2.45) is 0 Å². The van der Waals surface area contributed by atoms with Gasteiger partial charge in [0.05, 0.1) is 72.7 Å². The van der Waals surface area contributed by atoms with Crippen molar-refractivity contribution in [3.05, 3.63) is 317 Å². The fourth-order valence-electron chi connectivity index (χ4n) is 12.6. The second kappa shape index (κ2) is 40.7. The summed E-state index contributed by atoms with van der Waals surface area (Å²) in [5, 5.41) is 0. The summed E-state index contributed by atoms with van der Waals surface area (Å²) in [5.41, 5.74) is 6.07. The number of carbonyl (C=O) groups excluding carboxylic acids is 2. The Bertz CT molecular complexity index is 3900. The summed E-state index contributed by atoms with van der Waals surface area (Å²) in [7, 11) is 0. The minimum atomic E-state index is -1.49. The molecule has 0 unspecified atom stereocenters. The third-order valence-electron chi connectivity index (χ3n) is 17.7. The van der Waals surface area contributed by atoms with E-state index in [1.54, 1.807) is 0 Å². The Balaban J connectivity index is 0.962. The van der Waals surface area contributed by atoms with Gasteiger partial charge >= 0.3 is 11.9 Å². The first-order valence-electron chi connectivity index (χ1n) is 34.9. The van der Waals surface area contributed by atoms with Crippen LogP contribution in [-0.4, -0.2) is 135 Å². The number of ether oxygens (including phenoxy) is 15. The largest absolute Gasteiger partial charge is 0.453 e. The molecule has 104 heavy (non-hydrogen) atoms. The summed E-state index contributed by atoms with van der Waals surface area (Å²) in [5.74, 6) is -2.55. The molecule has 544 valence electrons. The second-order valence-electron chi connectivity index (χ2n) is 25.2. The smallest absolute Gasteiger partial charge is 0.321 e. The average Bonchev–Trinajstić information content (AvgIpc) is 0.775. The minimum Gasteiger partial charge on any atom is -0.453 e. The van der Waals surface area contributed by atoms with Gasteiger partial charge in [-0.05, 0) is 56.6 Å². The Labute approximate surface area is 622 Å². The van der Waals surface area contributed by atoms with Crippen LogP contribution in [0.15, 0.2) is 278 Å². The van der Waals surface area contributed by atoms with Crippen LogP contribution in [0.25, 0.3) is 0 Å². The predicted octanol–water partition coefficient (Wildman–Crippen LogP) is 14.6. The number of halogens is 2. The summed E-state index contributed by atoms with van der Waals surface area (Å²) < 4.78 is 105. The number of hydrogen-bond acceptors (Lipinski definition) is 18. The average molecular weight is 1470 g/mol. The van der Waals surface area contributed by atoms with E-state index in [0.717, 1.165) is 49.4 Å². The van der Waals surface area contributed by atoms with E-state index in [2.05, 4.69) is 0 Å². The Kier molecular flexibility index (Phi) is 29.8. The molecular weight excluding hydrogens is 1380 g/mol. The molecule has 0 saturated carbocycles. The monoisotopic (exact) mass is 1470 g/mol. The van der Waals surface area contributed by atoms with Crippen LogP contribution >= 0.6 is 35.0 Å². The first-order chi connectivity index (χ1) is 51.3. The van der Waals surface area contributed by atoms with E-state index in [4.69, 9.17) is 94.3 Å². The van der Waals surface area contributed by atoms with Crippen molar-refractivity contribution in [3.63, 3.8) is 0 Å². The van der Waals surface area contributed by atoms with E-state index in [1.807, 2.05) is 273 Å². The molecule has 17 nitrogen and oxygen atoms in total. The van der Waals surface area contributed by atoms with Gasteiger partial charge in [-0.15, -0.1) is 23.2 Å². The first kappa shape index (κ1) is 76.0. The molecule has 0 aliphatic carbocycles. The number of rotatable bonds is 37. The Morgan fingerprint density at radius 3 is 0.913 bits per heavy atom. The molecule has 12 rings (SSSR count). The molecule has 0 bridgehead atoms. The van der Waals surface area contributed by atoms with Crippen molar-refractivity contribution in [3.8, 4) is 0 Å². The van der Waals surface area contributed by atoms with Crippen molar-refractivity contribution < 1.29 is 80.6 Å². The Morgan fingerprint density at radius 1 is 0.288 bits per heavy atom. The minimum absolute atomic E-state index is 0.00615. The standard InChI is InChI=1S/C84H86Cl2O17S/c85-46-71(87)101-79-76(94-53-64-38-20-6-21-39-64)73(91-50-61-32-14-3-15-33-61)68(56-89-48-59-28-10-1-11-29-59)98-82(79)97-58-70-75(93-52-63-36-18-5-19-37-63)78(81(96-55-66-42-24-8-25-43-66)84(100-70)104-67-44-26-9-27-45-67)103-83-80(102-72(88)47-86)77(95-54-65-40-22-7-23-41-65)74(92-51-62-34-16-4-17-35-62)69(99-83)57-90-49-60-30-12-2-13-31-60/h1-45,68-70,73-84H,46-58H2/t68-,69-,70-,73-,74-,75-,76+,77+,78+,79+,80+,81+,82+,83-,84-/m1/s1. The molecule has 0 spiro atoms. The summed E-state index contributed by atoms with van der Waals surface area (Å²) >= 11 is 14.2. The van der Waals surface area contributed by atoms with Crippen LogP contribution in [0.1, 0.15) is 44.5 Å². The molecule has 3 aliphatic rings. The normalized spacial score (nSPS) is 24.7. The Morgan fingerprint density at radius 2 is 0.567 bits per heavy atom. The van der Waals surface area contributed by atoms with Crippen LogP contribution in [-0.2, 0) is 133 Å². The molecule has 3 aliphatic heterocycles. The van der Waals surface area contributed by atoms with Crippen LogP contribution in [0.4, 0.5) is 0 Å². The highest BCUT2D eigenvalue weighted by Crippen LogP contribution is 2.42. The molecule has 3 heterocycles. The van der Waals surface area contributed by atoms with Crippen LogP contribution in [0.5, 0.6) is 0 Å². The highest BCUT2D eigenvalue weighted by molar-refractivity contribution is 7.99. The third kappa shape index (κ3) is 22.4. The summed E-state index contributed by atoms with van der Waals surface area (Å²) in [6.07, 6.45) is -15.9. The van der Waals surface area contributed by atoms with E-state index in [1.165, 1.54) is 11.8 Å². The highest BCUT2D eigenvalue weighted by Gasteiger charge is 2.57. The lowest BCUT2D eigenvalue weighted by atomic mass is 9.96. The summed E-state index contributed by atoms with van der Waals surface area (Å²) in [6.45, 7) is 0.660. The maximum atomic E-state index is 14.2. The zero-order chi connectivity index (χ0) is 71.3. The summed E-state index contributed by atoms with van der Waals surface area (Å²) in [6, 6.07) is 87.6. The van der Waals surface area contributed by atoms with Gasteiger partial charge in [0.15, 0.2) is 24.8 Å². The molecule has 3 fully saturated rings. The van der Waals surface area contributed by atoms with E-state index < -0.39 is 115 Å². The van der Waals surface area contributed by atoms with Gasteiger partial charge in [0.25, 0.3) is 0 Å². The van der Waals surface area contributed by atoms with Crippen LogP contribution in [0.2, 0.25) is 0 Å². The molecule has 20 heteroatoms. The van der Waals surface area contributed by atoms with E-state index in [9.17, 15) is 9.59 Å². The zero-order valence-corrected chi connectivity index (χ0v) is 59.8. The fourth-order valence-corrected chi connectivity index (χ4v) is 13.9. The molecular formula is C84H86Cl2O17S. The Hall–Kier alpha value is -7.67. The SMILES string of the molecule is O=C(CCl)O[C@@H]1[C@@H](OC[C@H]2O[C@H](Sc3ccccc3)[C@@H](OCc3ccccc3)[C@@H](O[C@H]3O[C@H](COCc4ccccc4)[C@@H](OCc4ccccc4)[C@H](OCc4ccccc4)[C@@H]3OC(=O)CCl)[C@@H]2OCc2ccccc2)O[C@H](COCc2ccccc2)[C@@H](OCc2ccccc2)[C@@H]1OCc1ccccc1. The summed E-state index contributed by atoms with van der Waals surface area (Å²) in [4.78, 5) is 29.0. The molecule has 3 saturated heterocycles. The molecule has 0 radical (unpaired) electrons. The van der Waals surface area contributed by atoms with Gasteiger partial charge in [0, 0.05) is 4.90 Å². The number of thioether (sulfide) groups is 1. The van der Waals surface area contributed by atoms with Gasteiger partial charge in [0.1, 0.15) is 78.2 Å². The highest BCUT2D eigenvalue weighted by atomic mass is 35.5. The third-order valence-corrected chi connectivity index (χ3v) is 19.3. The quantitative estimate of drug-likeness (QED) is 0.0265. The predicted molar refractivity (Wildman–Crippen MR) is 393 cm³/mol. The zero-order valence-electron chi connectivity index (χ0n) is 57.4. The van der Waals surface area contributed by atoms with Crippen molar-refractivity contribution in [1.29, 1.82) is 0 Å². The van der Waals surface area contributed by atoms with Crippen LogP contribution < -0.4 is 0 Å². The van der Waals surface area contributed by atoms with E-state index in [0.29, 0.717) is 0 Å². The topological polar surface area (TPSA) is 173 Å². The van der Waals surface area contributed by atoms with Gasteiger partial charge < -0.3 is 71.1 Å². The molecule has 15 atom stereocenters. The maximum absolute atomic E-state index is 14.2. The number of benzene rings is 9. The second-order valence-corrected chi connectivity index (χ2v) is 26.9. The molecule has 9 aromatic rings. The van der Waals surface area contributed by atoms with Gasteiger partial charge in [0.2, 0.25) is 0 Å². The molecule has 0 aromatic heterocycles. The maximum Gasteiger partial charge on any atom is 0.321 e. The lowest BCUT2D eigenvalue weighted by Crippen LogP contribution is -2.66. The van der Waals surface area contributed by atoms with E-state index >= 15 is 0 Å². The van der Waals surface area contributed by atoms with E-state index in [-0.39, 0.29) is 72.7 Å². The van der Waals surface area contributed by atoms with Crippen molar-refractivity contribution in [2.45, 2.75) is 149 Å². The van der Waals surface area contributed by atoms with Gasteiger partial charge in [-0.1, -0.05) is 273 Å². The lowest BCUT2D eigenvalue weighted by Gasteiger charge is -2.50. The number of esters is 2. The van der Waals surface area contributed by atoms with Gasteiger partial charge in [-0.3, -0.25) is 9.59 Å². The van der Waals surface area contributed by atoms with Crippen LogP contribution in [0.3, 0.4) is 0 Å². The molecule has 0 amide bonds. The van der Waals surface area contributed by atoms with Crippen molar-refractivity contribution in [2.75, 3.05) is 31.6 Å². The molecule has 0 N–H and O–H groups in total. The van der Waals surface area contributed by atoms with Crippen molar-refractivity contribution in [1.82, 2.24) is 0 Å². The lowest BCUT2D eigenvalue weighted by molar-refractivity contribution is -0.358. The van der Waals surface area contributed by atoms with Crippen LogP contribution in [0, 0.1) is 0 Å². The number of alkyl halides is 2.